The van der Waals surface area contributed by atoms with Gasteiger partial charge in [0.1, 0.15) is 5.75 Å². The van der Waals surface area contributed by atoms with Crippen LogP contribution in [0, 0.1) is 0 Å². The van der Waals surface area contributed by atoms with E-state index in [1.54, 1.807) is 18.2 Å². The predicted molar refractivity (Wildman–Crippen MR) is 97.0 cm³/mol. The number of fused-ring (bicyclic) bond motifs is 1. The SMILES string of the molecule is CC(NC(=O)COc1ccc(Cl)cc1Cl)c1ccc2c(c1)CCC2. The number of carbonyl (C=O) groups excluding carboxylic acids is 1. The summed E-state index contributed by atoms with van der Waals surface area (Å²) in [6.07, 6.45) is 3.50. The second-order valence-electron chi connectivity index (χ2n) is 6.03. The van der Waals surface area contributed by atoms with Crippen LogP contribution in [0.2, 0.25) is 10.0 Å². The number of hydrogen-bond acceptors (Lipinski definition) is 2. The Morgan fingerprint density at radius 1 is 1.17 bits per heavy atom. The van der Waals surface area contributed by atoms with Crippen molar-refractivity contribution in [1.29, 1.82) is 0 Å². The molecule has 1 N–H and O–H groups in total. The fraction of sp³-hybridized carbons (Fsp3) is 0.316. The van der Waals surface area contributed by atoms with Crippen LogP contribution in [0.3, 0.4) is 0 Å². The Hall–Kier alpha value is -1.71. The zero-order valence-electron chi connectivity index (χ0n) is 13.4. The third-order valence-corrected chi connectivity index (χ3v) is 4.78. The average Bonchev–Trinajstić information content (AvgIpc) is 3.01. The summed E-state index contributed by atoms with van der Waals surface area (Å²) in [4.78, 5) is 12.1. The lowest BCUT2D eigenvalue weighted by Gasteiger charge is -2.16. The van der Waals surface area contributed by atoms with E-state index in [1.165, 1.54) is 17.5 Å². The lowest BCUT2D eigenvalue weighted by Crippen LogP contribution is -2.31. The molecule has 2 aromatic rings. The van der Waals surface area contributed by atoms with Crippen molar-refractivity contribution in [2.45, 2.75) is 32.2 Å². The zero-order chi connectivity index (χ0) is 17.1. The quantitative estimate of drug-likeness (QED) is 0.832. The van der Waals surface area contributed by atoms with Crippen molar-refractivity contribution < 1.29 is 9.53 Å². The summed E-state index contributed by atoms with van der Waals surface area (Å²) in [5.74, 6) is 0.260. The average molecular weight is 364 g/mol. The summed E-state index contributed by atoms with van der Waals surface area (Å²) in [5, 5.41) is 3.88. The van der Waals surface area contributed by atoms with Crippen molar-refractivity contribution in [2.24, 2.45) is 0 Å². The molecule has 0 bridgehead atoms. The number of benzene rings is 2. The lowest BCUT2D eigenvalue weighted by molar-refractivity contribution is -0.123. The van der Waals surface area contributed by atoms with Gasteiger partial charge in [-0.25, -0.2) is 0 Å². The van der Waals surface area contributed by atoms with E-state index in [1.807, 2.05) is 6.92 Å². The van der Waals surface area contributed by atoms with Crippen molar-refractivity contribution in [1.82, 2.24) is 5.32 Å². The van der Waals surface area contributed by atoms with E-state index in [-0.39, 0.29) is 18.6 Å². The van der Waals surface area contributed by atoms with Gasteiger partial charge in [0.15, 0.2) is 6.61 Å². The molecule has 1 aliphatic carbocycles. The van der Waals surface area contributed by atoms with E-state index in [0.29, 0.717) is 15.8 Å². The molecule has 126 valence electrons. The minimum Gasteiger partial charge on any atom is -0.482 e. The highest BCUT2D eigenvalue weighted by Crippen LogP contribution is 2.28. The number of halogens is 2. The number of amides is 1. The molecule has 2 aromatic carbocycles. The number of rotatable bonds is 5. The Morgan fingerprint density at radius 2 is 1.96 bits per heavy atom. The van der Waals surface area contributed by atoms with E-state index in [4.69, 9.17) is 27.9 Å². The monoisotopic (exact) mass is 363 g/mol. The van der Waals surface area contributed by atoms with Crippen LogP contribution in [0.25, 0.3) is 0 Å². The van der Waals surface area contributed by atoms with Gasteiger partial charge in [-0.3, -0.25) is 4.79 Å². The molecule has 1 unspecified atom stereocenters. The summed E-state index contributed by atoms with van der Waals surface area (Å²) < 4.78 is 5.46. The fourth-order valence-corrected chi connectivity index (χ4v) is 3.43. The maximum Gasteiger partial charge on any atom is 0.258 e. The second-order valence-corrected chi connectivity index (χ2v) is 6.88. The van der Waals surface area contributed by atoms with Gasteiger partial charge >= 0.3 is 0 Å². The number of nitrogens with one attached hydrogen (secondary N) is 1. The van der Waals surface area contributed by atoms with E-state index in [9.17, 15) is 4.79 Å². The summed E-state index contributed by atoms with van der Waals surface area (Å²) in [6.45, 7) is 1.89. The summed E-state index contributed by atoms with van der Waals surface area (Å²) in [5.41, 5.74) is 3.95. The predicted octanol–water partition coefficient (Wildman–Crippen LogP) is 4.74. The van der Waals surface area contributed by atoms with Gasteiger partial charge in [0.2, 0.25) is 0 Å². The third-order valence-electron chi connectivity index (χ3n) is 4.25. The van der Waals surface area contributed by atoms with Crippen LogP contribution in [0.5, 0.6) is 5.75 Å². The molecule has 5 heteroatoms. The van der Waals surface area contributed by atoms with E-state index in [2.05, 4.69) is 23.5 Å². The summed E-state index contributed by atoms with van der Waals surface area (Å²) in [7, 11) is 0. The number of aryl methyl sites for hydroxylation is 2. The van der Waals surface area contributed by atoms with E-state index < -0.39 is 0 Å². The highest BCUT2D eigenvalue weighted by atomic mass is 35.5. The smallest absolute Gasteiger partial charge is 0.258 e. The minimum absolute atomic E-state index is 0.0623. The van der Waals surface area contributed by atoms with Crippen LogP contribution in [-0.4, -0.2) is 12.5 Å². The molecule has 1 atom stereocenters. The molecule has 0 heterocycles. The summed E-state index contributed by atoms with van der Waals surface area (Å²) in [6, 6.07) is 11.3. The van der Waals surface area contributed by atoms with Gasteiger partial charge in [-0.05, 0) is 61.1 Å². The minimum atomic E-state index is -0.186. The van der Waals surface area contributed by atoms with E-state index in [0.717, 1.165) is 18.4 Å². The molecule has 0 fully saturated rings. The van der Waals surface area contributed by atoms with Crippen LogP contribution in [0.15, 0.2) is 36.4 Å². The molecule has 0 spiro atoms. The van der Waals surface area contributed by atoms with Crippen molar-refractivity contribution in [2.75, 3.05) is 6.61 Å². The molecular weight excluding hydrogens is 345 g/mol. The molecule has 0 radical (unpaired) electrons. The molecule has 3 nitrogen and oxygen atoms in total. The first-order valence-electron chi connectivity index (χ1n) is 8.02. The van der Waals surface area contributed by atoms with Crippen molar-refractivity contribution >= 4 is 29.1 Å². The van der Waals surface area contributed by atoms with Crippen molar-refractivity contribution in [3.05, 3.63) is 63.1 Å². The third kappa shape index (κ3) is 4.03. The van der Waals surface area contributed by atoms with Crippen LogP contribution in [0.1, 0.15) is 36.1 Å². The van der Waals surface area contributed by atoms with Gasteiger partial charge in [0.25, 0.3) is 5.91 Å². The first-order valence-corrected chi connectivity index (χ1v) is 8.77. The maximum atomic E-state index is 12.1. The van der Waals surface area contributed by atoms with Gasteiger partial charge < -0.3 is 10.1 Å². The van der Waals surface area contributed by atoms with Crippen molar-refractivity contribution in [3.63, 3.8) is 0 Å². The zero-order valence-corrected chi connectivity index (χ0v) is 15.0. The van der Waals surface area contributed by atoms with Crippen LogP contribution < -0.4 is 10.1 Å². The maximum absolute atomic E-state index is 12.1. The van der Waals surface area contributed by atoms with Gasteiger partial charge in [-0.1, -0.05) is 41.4 Å². The standard InChI is InChI=1S/C19H19Cl2NO2/c1-12(14-6-5-13-3-2-4-15(13)9-14)22-19(23)11-24-18-8-7-16(20)10-17(18)21/h5-10,12H,2-4,11H2,1H3,(H,22,23). The van der Waals surface area contributed by atoms with Gasteiger partial charge in [0, 0.05) is 5.02 Å². The molecule has 24 heavy (non-hydrogen) atoms. The normalized spacial score (nSPS) is 14.1. The first kappa shape index (κ1) is 17.1. The fourth-order valence-electron chi connectivity index (χ4n) is 2.96. The molecule has 0 aliphatic heterocycles. The van der Waals surface area contributed by atoms with Gasteiger partial charge in [-0.15, -0.1) is 0 Å². The van der Waals surface area contributed by atoms with Gasteiger partial charge in [0.05, 0.1) is 11.1 Å². The Bertz CT molecular complexity index is 761. The Balaban J connectivity index is 1.56. The molecule has 1 aliphatic rings. The number of ether oxygens (including phenoxy) is 1. The molecular formula is C19H19Cl2NO2. The van der Waals surface area contributed by atoms with Crippen molar-refractivity contribution in [3.8, 4) is 5.75 Å². The molecule has 1 amide bonds. The molecule has 0 saturated heterocycles. The van der Waals surface area contributed by atoms with Crippen LogP contribution in [0.4, 0.5) is 0 Å². The van der Waals surface area contributed by atoms with Gasteiger partial charge in [-0.2, -0.15) is 0 Å². The Kier molecular flexibility index (Phi) is 5.32. The molecule has 0 aromatic heterocycles. The van der Waals surface area contributed by atoms with Crippen LogP contribution >= 0.6 is 23.2 Å². The number of carbonyl (C=O) groups is 1. The highest BCUT2D eigenvalue weighted by molar-refractivity contribution is 6.35. The highest BCUT2D eigenvalue weighted by Gasteiger charge is 2.15. The second kappa shape index (κ2) is 7.45. The first-order chi connectivity index (χ1) is 11.5. The van der Waals surface area contributed by atoms with Crippen LogP contribution in [-0.2, 0) is 17.6 Å². The lowest BCUT2D eigenvalue weighted by atomic mass is 10.0. The Morgan fingerprint density at radius 3 is 2.75 bits per heavy atom. The van der Waals surface area contributed by atoms with E-state index >= 15 is 0 Å². The Labute approximate surface area is 151 Å². The number of hydrogen-bond donors (Lipinski definition) is 1. The summed E-state index contributed by atoms with van der Waals surface area (Å²) >= 11 is 11.9. The topological polar surface area (TPSA) is 38.3 Å². The largest absolute Gasteiger partial charge is 0.482 e. The molecule has 0 saturated carbocycles. The molecule has 3 rings (SSSR count).